The molecule has 1 saturated heterocycles. The predicted molar refractivity (Wildman–Crippen MR) is 299 cm³/mol. The molecule has 6 N–H and O–H groups in total. The number of ether oxygens (including phenoxy) is 5. The number of benzene rings is 4. The molecule has 4 aromatic carbocycles. The number of aliphatic hydroxyl groups is 4. The Balaban J connectivity index is 0.934. The molecule has 1 aromatic heterocycles. The monoisotopic (exact) mass is 1090 g/mol. The SMILES string of the molecule is COc1c2c3c4c(O)c(c5c6c4c1CCC6=C[C@H]1CCC[C@@H]51)C(=O)CN1Cc4c(cccc4C1=O)CC#CO[C@H]1[C@H](O)[C@H](O[C@H](O3)[C@@]1(O)CO)[C@@H]1CC[C@H]3Cc4c5c(cc6[nH]cc(c46)[C@@H](/C=C/2)O1)CC[C@]51C[C@@]2(O)CCC[C@@H]2C[C@@H]1C3. The van der Waals surface area contributed by atoms with E-state index in [-0.39, 0.29) is 77.0 Å². The molecule has 418 valence electrons. The second-order valence-electron chi connectivity index (χ2n) is 26.5. The van der Waals surface area contributed by atoms with Crippen LogP contribution in [0.2, 0.25) is 0 Å². The Kier molecular flexibility index (Phi) is 10.6. The molecule has 0 radical (unpaired) electrons. The van der Waals surface area contributed by atoms with E-state index < -0.39 is 60.4 Å². The minimum absolute atomic E-state index is 0.0418. The number of amides is 1. The van der Waals surface area contributed by atoms with Crippen molar-refractivity contribution < 1.29 is 58.8 Å². The van der Waals surface area contributed by atoms with Crippen molar-refractivity contribution in [2.75, 3.05) is 20.3 Å². The number of H-pyrrole nitrogens is 1. The second-order valence-corrected chi connectivity index (χ2v) is 26.5. The number of aryl methyl sites for hydroxylation is 2. The van der Waals surface area contributed by atoms with E-state index in [0.29, 0.717) is 47.4 Å². The lowest BCUT2D eigenvalue weighted by atomic mass is 9.55. The van der Waals surface area contributed by atoms with Crippen molar-refractivity contribution in [3.8, 4) is 29.3 Å². The molecule has 14 nitrogen and oxygen atoms in total. The third-order valence-electron chi connectivity index (χ3n) is 22.7. The fourth-order valence-corrected chi connectivity index (χ4v) is 19.3. The van der Waals surface area contributed by atoms with Crippen LogP contribution in [0.15, 0.2) is 42.6 Å². The third-order valence-corrected chi connectivity index (χ3v) is 22.7. The highest BCUT2D eigenvalue weighted by atomic mass is 16.7. The first kappa shape index (κ1) is 49.4. The quantitative estimate of drug-likeness (QED) is 0.0920. The van der Waals surface area contributed by atoms with Gasteiger partial charge in [-0.15, -0.1) is 0 Å². The number of aromatic hydroxyl groups is 1. The van der Waals surface area contributed by atoms with Crippen molar-refractivity contribution >= 4 is 45.0 Å². The van der Waals surface area contributed by atoms with E-state index >= 15 is 4.79 Å². The maximum atomic E-state index is 15.6. The smallest absolute Gasteiger partial charge is 0.254 e. The van der Waals surface area contributed by atoms with Gasteiger partial charge in [0.05, 0.1) is 48.5 Å². The van der Waals surface area contributed by atoms with Crippen LogP contribution in [0, 0.1) is 35.7 Å². The van der Waals surface area contributed by atoms with Crippen molar-refractivity contribution in [2.24, 2.45) is 23.7 Å². The molecule has 14 heteroatoms. The summed E-state index contributed by atoms with van der Waals surface area (Å²) in [6, 6.07) is 7.80. The number of aliphatic hydroxyl groups excluding tert-OH is 2. The van der Waals surface area contributed by atoms with Gasteiger partial charge in [0.2, 0.25) is 6.29 Å². The molecule has 6 heterocycles. The molecule has 1 amide bonds. The van der Waals surface area contributed by atoms with Crippen LogP contribution in [0.4, 0.5) is 0 Å². The summed E-state index contributed by atoms with van der Waals surface area (Å²) >= 11 is 0. The van der Waals surface area contributed by atoms with Crippen molar-refractivity contribution in [1.29, 1.82) is 0 Å². The number of phenols is 1. The number of phenolic OH excluding ortho intramolecular Hbond substituents is 1. The zero-order valence-electron chi connectivity index (χ0n) is 45.7. The zero-order valence-corrected chi connectivity index (χ0v) is 45.7. The number of ketones is 1. The van der Waals surface area contributed by atoms with Gasteiger partial charge in [0, 0.05) is 57.6 Å². The average Bonchev–Trinajstić information content (AvgIpc) is 2.40. The van der Waals surface area contributed by atoms with Gasteiger partial charge >= 0.3 is 0 Å². The van der Waals surface area contributed by atoms with Gasteiger partial charge in [-0.25, -0.2) is 0 Å². The number of nitrogens with one attached hydrogen (secondary N) is 1. The lowest BCUT2D eigenvalue weighted by molar-refractivity contribution is -0.337. The molecule has 12 bridgehead atoms. The van der Waals surface area contributed by atoms with E-state index in [4.69, 9.17) is 23.7 Å². The Bertz CT molecular complexity index is 3770. The normalized spacial score (nSPS) is 36.7. The summed E-state index contributed by atoms with van der Waals surface area (Å²) in [7, 11) is 1.62. The summed E-state index contributed by atoms with van der Waals surface area (Å²) in [4.78, 5) is 35.2. The Hall–Kier alpha value is -6.18. The number of nitrogens with zero attached hydrogens (tertiary/aromatic N) is 1. The largest absolute Gasteiger partial charge is 0.506 e. The van der Waals surface area contributed by atoms with Gasteiger partial charge in [0.15, 0.2) is 17.5 Å². The van der Waals surface area contributed by atoms with Gasteiger partial charge in [0.1, 0.15) is 41.7 Å². The Morgan fingerprint density at radius 3 is 2.69 bits per heavy atom. The molecule has 5 aromatic rings. The van der Waals surface area contributed by atoms with Crippen LogP contribution in [0.5, 0.6) is 17.2 Å². The van der Waals surface area contributed by atoms with E-state index in [1.165, 1.54) is 16.7 Å². The number of Topliss-reactive ketones (excluding diaryl/α,β-unsaturated/α-hetero) is 1. The number of methoxy groups -OCH3 is 1. The first-order chi connectivity index (χ1) is 39.4. The number of allylic oxidation sites excluding steroid dienone is 2. The highest BCUT2D eigenvalue weighted by Crippen LogP contribution is 2.65. The topological polar surface area (TPSA) is 200 Å². The summed E-state index contributed by atoms with van der Waals surface area (Å²) in [5, 5.41) is 66.0. The molecule has 12 aliphatic rings. The summed E-state index contributed by atoms with van der Waals surface area (Å²) in [5.74, 6) is 3.66. The van der Waals surface area contributed by atoms with E-state index in [1.54, 1.807) is 24.1 Å². The standard InChI is InChI=1S/C67H68N2O12/c1-77-59-41-14-13-35-24-34-7-3-10-39(34)52-50(35)53(41)55-57(72)54(52)47(71)29-69-28-45-33(6-2-11-40(45)63(69)74)8-5-21-78-62-58(73)61-49-16-12-32-22-38-26-37-9-4-19-66(37,75)30-65(38)20-18-36-25-46-51(43(23-32)56(36)65)44(27-68-46)48(79-49)17-15-42(59)60(55)80-64(81-61)67(62,76)31-70/h2,6,11,15,17,24-25,27,32,34,37-39,48-49,58,61-62,64,68,70,72-73,75-76H,3-4,7-10,12-14,16,18-20,22-23,26,28-31H2,1H3/b17-15+/t32-,34-,37-,38+,39-,48-,49+,58-,61-,62+,64+,65-,66+,67-/m1/s1. The molecule has 14 atom stereocenters. The Morgan fingerprint density at radius 1 is 0.914 bits per heavy atom. The van der Waals surface area contributed by atoms with Gasteiger partial charge in [-0.1, -0.05) is 43.0 Å². The maximum absolute atomic E-state index is 15.6. The van der Waals surface area contributed by atoms with Crippen molar-refractivity contribution in [3.05, 3.63) is 109 Å². The van der Waals surface area contributed by atoms with Gasteiger partial charge in [-0.3, -0.25) is 9.59 Å². The third kappa shape index (κ3) is 6.68. The molecule has 81 heavy (non-hydrogen) atoms. The van der Waals surface area contributed by atoms with Crippen LogP contribution >= 0.6 is 0 Å². The minimum Gasteiger partial charge on any atom is -0.506 e. The van der Waals surface area contributed by atoms with Crippen molar-refractivity contribution in [3.63, 3.8) is 0 Å². The lowest BCUT2D eigenvalue weighted by Gasteiger charge is -2.51. The maximum Gasteiger partial charge on any atom is 0.254 e. The van der Waals surface area contributed by atoms with E-state index in [1.807, 2.05) is 18.2 Å². The number of rotatable bonds is 2. The van der Waals surface area contributed by atoms with Crippen LogP contribution in [0.1, 0.15) is 172 Å². The molecular weight excluding hydrogens is 1020 g/mol. The van der Waals surface area contributed by atoms with Gasteiger partial charge < -0.3 is 59.1 Å². The molecule has 5 aliphatic heterocycles. The first-order valence-corrected chi connectivity index (χ1v) is 30.2. The number of aromatic amines is 1. The van der Waals surface area contributed by atoms with Crippen molar-refractivity contribution in [1.82, 2.24) is 9.88 Å². The Morgan fingerprint density at radius 2 is 1.81 bits per heavy atom. The fourth-order valence-electron chi connectivity index (χ4n) is 19.3. The molecule has 1 spiro atoms. The number of hydrogen-bond acceptors (Lipinski definition) is 12. The van der Waals surface area contributed by atoms with Gasteiger partial charge in [-0.05, 0) is 182 Å². The summed E-state index contributed by atoms with van der Waals surface area (Å²) < 4.78 is 34.9. The van der Waals surface area contributed by atoms with Crippen LogP contribution in [-0.2, 0) is 51.9 Å². The zero-order chi connectivity index (χ0) is 54.6. The van der Waals surface area contributed by atoms with Gasteiger partial charge in [-0.2, -0.15) is 0 Å². The lowest BCUT2D eigenvalue weighted by Crippen LogP contribution is -2.71. The molecular formula is C67H68N2O12. The second kappa shape index (κ2) is 17.4. The van der Waals surface area contributed by atoms with Crippen LogP contribution in [0.3, 0.4) is 0 Å². The van der Waals surface area contributed by atoms with Crippen LogP contribution in [0.25, 0.3) is 33.3 Å². The summed E-state index contributed by atoms with van der Waals surface area (Å²) in [5.41, 5.74) is 8.90. The predicted octanol–water partition coefficient (Wildman–Crippen LogP) is 8.83. The van der Waals surface area contributed by atoms with Crippen LogP contribution < -0.4 is 9.47 Å². The minimum atomic E-state index is -2.48. The number of carbonyl (C=O) groups is 2. The highest BCUT2D eigenvalue weighted by Gasteiger charge is 2.63. The fraction of sp³-hybridized carbons (Fsp3) is 0.522. The Labute approximate surface area is 469 Å². The highest BCUT2D eigenvalue weighted by molar-refractivity contribution is 6.17. The number of aromatic nitrogens is 1. The van der Waals surface area contributed by atoms with E-state index in [9.17, 15) is 30.3 Å². The number of hydrogen-bond donors (Lipinski definition) is 6. The number of fused-ring (bicyclic) bond motifs is 13. The molecule has 4 fully saturated rings. The first-order valence-electron chi connectivity index (χ1n) is 30.2. The van der Waals surface area contributed by atoms with Crippen LogP contribution in [-0.4, -0.2) is 109 Å². The molecule has 3 saturated carbocycles. The van der Waals surface area contributed by atoms with E-state index in [2.05, 4.69) is 35.4 Å². The average molecular weight is 1090 g/mol. The molecule has 0 unspecified atom stereocenters. The summed E-state index contributed by atoms with van der Waals surface area (Å²) in [6.45, 7) is -1.11. The van der Waals surface area contributed by atoms with E-state index in [0.717, 1.165) is 133 Å². The number of carbonyl (C=O) groups excluding carboxylic acids is 2. The molecule has 17 rings (SSSR count). The summed E-state index contributed by atoms with van der Waals surface area (Å²) in [6.07, 6.45) is 17.1. The van der Waals surface area contributed by atoms with Gasteiger partial charge in [0.25, 0.3) is 5.91 Å². The molecule has 7 aliphatic carbocycles. The van der Waals surface area contributed by atoms with Crippen molar-refractivity contribution in [2.45, 2.75) is 175 Å².